The Morgan fingerprint density at radius 2 is 1.87 bits per heavy atom. The summed E-state index contributed by atoms with van der Waals surface area (Å²) in [5.74, 6) is -1.71. The maximum atomic E-state index is 13.3. The van der Waals surface area contributed by atoms with E-state index in [2.05, 4.69) is 5.10 Å². The van der Waals surface area contributed by atoms with E-state index < -0.39 is 30.3 Å². The number of rotatable bonds is 3. The van der Waals surface area contributed by atoms with E-state index in [1.807, 2.05) is 0 Å². The zero-order valence-corrected chi connectivity index (χ0v) is 12.6. The standard InChI is InChI=1S/C15H17F3N2O3/c1-9(2)11-8-14(23,15(16,17)18)20(19-11)13(22)12(21)10-6-4-3-5-7-10/h3-7,9,12,21,23H,8H2,1-2H3/t12-,14-/m1/s1. The molecular weight excluding hydrogens is 313 g/mol. The van der Waals surface area contributed by atoms with Crippen LogP contribution in [-0.4, -0.2) is 38.7 Å². The van der Waals surface area contributed by atoms with Gasteiger partial charge < -0.3 is 10.2 Å². The van der Waals surface area contributed by atoms with E-state index in [1.165, 1.54) is 24.3 Å². The number of carbonyl (C=O) groups excluding carboxylic acids is 1. The van der Waals surface area contributed by atoms with Crippen LogP contribution in [0.1, 0.15) is 31.9 Å². The molecule has 1 aliphatic heterocycles. The van der Waals surface area contributed by atoms with Gasteiger partial charge in [-0.25, -0.2) is 0 Å². The van der Waals surface area contributed by atoms with Crippen molar-refractivity contribution in [3.8, 4) is 0 Å². The van der Waals surface area contributed by atoms with Gasteiger partial charge in [0.1, 0.15) is 0 Å². The predicted octanol–water partition coefficient (Wildman–Crippen LogP) is 2.22. The second-order valence-corrected chi connectivity index (χ2v) is 5.70. The molecule has 23 heavy (non-hydrogen) atoms. The smallest absolute Gasteiger partial charge is 0.378 e. The van der Waals surface area contributed by atoms with Gasteiger partial charge in [0.05, 0.1) is 0 Å². The number of aliphatic hydroxyl groups excluding tert-OH is 1. The van der Waals surface area contributed by atoms with Gasteiger partial charge in [-0.2, -0.15) is 23.3 Å². The summed E-state index contributed by atoms with van der Waals surface area (Å²) in [4.78, 5) is 12.3. The van der Waals surface area contributed by atoms with Gasteiger partial charge in [-0.3, -0.25) is 4.79 Å². The molecule has 0 spiro atoms. The van der Waals surface area contributed by atoms with E-state index in [4.69, 9.17) is 0 Å². The molecule has 0 fully saturated rings. The topological polar surface area (TPSA) is 73.1 Å². The summed E-state index contributed by atoms with van der Waals surface area (Å²) in [5, 5.41) is 23.6. The number of hydrogen-bond acceptors (Lipinski definition) is 4. The summed E-state index contributed by atoms with van der Waals surface area (Å²) < 4.78 is 39.8. The highest BCUT2D eigenvalue weighted by molar-refractivity contribution is 5.93. The Morgan fingerprint density at radius 1 is 1.30 bits per heavy atom. The van der Waals surface area contributed by atoms with E-state index >= 15 is 0 Å². The number of carbonyl (C=O) groups is 1. The molecule has 1 heterocycles. The molecule has 126 valence electrons. The van der Waals surface area contributed by atoms with Crippen LogP contribution >= 0.6 is 0 Å². The number of hydrogen-bond donors (Lipinski definition) is 2. The summed E-state index contributed by atoms with van der Waals surface area (Å²) >= 11 is 0. The van der Waals surface area contributed by atoms with Gasteiger partial charge >= 0.3 is 6.18 Å². The van der Waals surface area contributed by atoms with Crippen molar-refractivity contribution in [1.82, 2.24) is 5.01 Å². The third kappa shape index (κ3) is 3.09. The van der Waals surface area contributed by atoms with Crippen LogP contribution < -0.4 is 0 Å². The molecule has 2 atom stereocenters. The number of aliphatic hydroxyl groups is 2. The molecular formula is C15H17F3N2O3. The molecule has 2 N–H and O–H groups in total. The zero-order valence-electron chi connectivity index (χ0n) is 12.6. The van der Waals surface area contributed by atoms with Crippen molar-refractivity contribution in [2.75, 3.05) is 0 Å². The first kappa shape index (κ1) is 17.4. The first-order chi connectivity index (χ1) is 10.6. The second-order valence-electron chi connectivity index (χ2n) is 5.70. The van der Waals surface area contributed by atoms with Gasteiger partial charge in [0, 0.05) is 12.1 Å². The molecule has 1 aliphatic rings. The van der Waals surface area contributed by atoms with Crippen LogP contribution in [0.3, 0.4) is 0 Å². The maximum absolute atomic E-state index is 13.3. The molecule has 0 aromatic heterocycles. The number of alkyl halides is 3. The molecule has 5 nitrogen and oxygen atoms in total. The second kappa shape index (κ2) is 5.93. The lowest BCUT2D eigenvalue weighted by atomic mass is 9.98. The maximum Gasteiger partial charge on any atom is 0.438 e. The molecule has 1 aromatic carbocycles. The Bertz CT molecular complexity index is 616. The molecule has 1 amide bonds. The molecule has 2 rings (SSSR count). The van der Waals surface area contributed by atoms with E-state index in [1.54, 1.807) is 19.9 Å². The predicted molar refractivity (Wildman–Crippen MR) is 76.1 cm³/mol. The van der Waals surface area contributed by atoms with E-state index in [-0.39, 0.29) is 22.2 Å². The number of hydrazone groups is 1. The number of nitrogens with zero attached hydrogens (tertiary/aromatic N) is 2. The minimum absolute atomic E-state index is 0.0402. The minimum atomic E-state index is -5.10. The van der Waals surface area contributed by atoms with Crippen molar-refractivity contribution < 1.29 is 28.2 Å². The number of amides is 1. The quantitative estimate of drug-likeness (QED) is 0.892. The van der Waals surface area contributed by atoms with Crippen molar-refractivity contribution in [3.63, 3.8) is 0 Å². The van der Waals surface area contributed by atoms with Gasteiger partial charge in [-0.05, 0) is 11.5 Å². The van der Waals surface area contributed by atoms with Crippen molar-refractivity contribution in [3.05, 3.63) is 35.9 Å². The lowest BCUT2D eigenvalue weighted by molar-refractivity contribution is -0.303. The molecule has 0 saturated heterocycles. The highest BCUT2D eigenvalue weighted by Crippen LogP contribution is 2.42. The summed E-state index contributed by atoms with van der Waals surface area (Å²) in [6.45, 7) is 3.22. The lowest BCUT2D eigenvalue weighted by Gasteiger charge is -2.33. The van der Waals surface area contributed by atoms with Crippen molar-refractivity contribution >= 4 is 11.6 Å². The van der Waals surface area contributed by atoms with Crippen LogP contribution in [0, 0.1) is 5.92 Å². The van der Waals surface area contributed by atoms with E-state index in [0.29, 0.717) is 0 Å². The molecule has 1 aromatic rings. The van der Waals surface area contributed by atoms with Gasteiger partial charge in [0.15, 0.2) is 6.10 Å². The number of benzene rings is 1. The SMILES string of the molecule is CC(C)C1=NN(C(=O)[C@H](O)c2ccccc2)[C@](O)(C(F)(F)F)C1. The fourth-order valence-corrected chi connectivity index (χ4v) is 2.24. The van der Waals surface area contributed by atoms with Crippen LogP contribution in [0.2, 0.25) is 0 Å². The fourth-order valence-electron chi connectivity index (χ4n) is 2.24. The summed E-state index contributed by atoms with van der Waals surface area (Å²) in [5.41, 5.74) is -3.28. The number of halogens is 3. The Balaban J connectivity index is 2.38. The van der Waals surface area contributed by atoms with Crippen molar-refractivity contribution in [2.45, 2.75) is 38.3 Å². The average molecular weight is 330 g/mol. The molecule has 0 bridgehead atoms. The van der Waals surface area contributed by atoms with Gasteiger partial charge in [-0.15, -0.1) is 0 Å². The van der Waals surface area contributed by atoms with Crippen molar-refractivity contribution in [2.24, 2.45) is 11.0 Å². The van der Waals surface area contributed by atoms with Gasteiger partial charge in [0.2, 0.25) is 0 Å². The Morgan fingerprint density at radius 3 is 2.35 bits per heavy atom. The van der Waals surface area contributed by atoms with Crippen molar-refractivity contribution in [1.29, 1.82) is 0 Å². The highest BCUT2D eigenvalue weighted by Gasteiger charge is 2.63. The Hall–Kier alpha value is -1.93. The zero-order chi connectivity index (χ0) is 17.4. The fraction of sp³-hybridized carbons (Fsp3) is 0.467. The lowest BCUT2D eigenvalue weighted by Crippen LogP contribution is -2.57. The van der Waals surface area contributed by atoms with E-state index in [9.17, 15) is 28.2 Å². The normalized spacial score (nSPS) is 23.1. The van der Waals surface area contributed by atoms with Crippen LogP contribution in [0.4, 0.5) is 13.2 Å². The van der Waals surface area contributed by atoms with Crippen LogP contribution in [0.25, 0.3) is 0 Å². The molecule has 0 aliphatic carbocycles. The minimum Gasteiger partial charge on any atom is -0.378 e. The molecule has 0 radical (unpaired) electrons. The highest BCUT2D eigenvalue weighted by atomic mass is 19.4. The summed E-state index contributed by atoms with van der Waals surface area (Å²) in [6, 6.07) is 7.51. The average Bonchev–Trinajstić information content (AvgIpc) is 2.86. The third-order valence-corrected chi connectivity index (χ3v) is 3.68. The van der Waals surface area contributed by atoms with Crippen LogP contribution in [0.5, 0.6) is 0 Å². The van der Waals surface area contributed by atoms with E-state index in [0.717, 1.165) is 0 Å². The van der Waals surface area contributed by atoms with Gasteiger partial charge in [-0.1, -0.05) is 44.2 Å². The van der Waals surface area contributed by atoms with Crippen LogP contribution in [0.15, 0.2) is 35.4 Å². The summed E-state index contributed by atoms with van der Waals surface area (Å²) in [6.07, 6.45) is -7.78. The molecule has 8 heteroatoms. The van der Waals surface area contributed by atoms with Gasteiger partial charge in [0.25, 0.3) is 11.6 Å². The first-order valence-corrected chi connectivity index (χ1v) is 7.01. The monoisotopic (exact) mass is 330 g/mol. The Labute approximate surface area is 131 Å². The summed E-state index contributed by atoms with van der Waals surface area (Å²) in [7, 11) is 0. The molecule has 0 saturated carbocycles. The largest absolute Gasteiger partial charge is 0.438 e. The molecule has 0 unspecified atom stereocenters. The third-order valence-electron chi connectivity index (χ3n) is 3.68. The first-order valence-electron chi connectivity index (χ1n) is 7.01. The Kier molecular flexibility index (Phi) is 4.50. The van der Waals surface area contributed by atoms with Crippen LogP contribution in [-0.2, 0) is 4.79 Å².